The molecule has 0 aliphatic carbocycles. The highest BCUT2D eigenvalue weighted by Gasteiger charge is 2.14. The largest absolute Gasteiger partial charge is 0.261 e. The van der Waals surface area contributed by atoms with E-state index in [1.807, 2.05) is 31.2 Å². The number of hydrogen-bond donors (Lipinski definition) is 0. The van der Waals surface area contributed by atoms with E-state index in [1.54, 1.807) is 12.3 Å². The van der Waals surface area contributed by atoms with E-state index >= 15 is 0 Å². The van der Waals surface area contributed by atoms with Crippen molar-refractivity contribution < 1.29 is 4.39 Å². The van der Waals surface area contributed by atoms with Gasteiger partial charge in [-0.2, -0.15) is 0 Å². The van der Waals surface area contributed by atoms with Crippen molar-refractivity contribution in [3.8, 4) is 0 Å². The lowest BCUT2D eigenvalue weighted by Gasteiger charge is -2.10. The molecular formula is C14H13ClFN. The van der Waals surface area contributed by atoms with Crippen LogP contribution in [0.4, 0.5) is 4.39 Å². The Morgan fingerprint density at radius 1 is 1.29 bits per heavy atom. The summed E-state index contributed by atoms with van der Waals surface area (Å²) in [5, 5.41) is -0.384. The molecule has 1 heterocycles. The third kappa shape index (κ3) is 3.04. The van der Waals surface area contributed by atoms with Crippen molar-refractivity contribution in [3.63, 3.8) is 0 Å². The summed E-state index contributed by atoms with van der Waals surface area (Å²) in [4.78, 5) is 4.18. The highest BCUT2D eigenvalue weighted by atomic mass is 35.5. The van der Waals surface area contributed by atoms with Gasteiger partial charge in [0.25, 0.3) is 0 Å². The fourth-order valence-electron chi connectivity index (χ4n) is 1.70. The molecule has 0 radical (unpaired) electrons. The summed E-state index contributed by atoms with van der Waals surface area (Å²) in [5.74, 6) is -0.249. The first-order valence-corrected chi connectivity index (χ1v) is 5.90. The number of aromatic nitrogens is 1. The molecule has 1 aromatic heterocycles. The van der Waals surface area contributed by atoms with E-state index in [2.05, 4.69) is 4.98 Å². The Labute approximate surface area is 105 Å². The highest BCUT2D eigenvalue weighted by molar-refractivity contribution is 6.20. The molecule has 0 saturated heterocycles. The minimum atomic E-state index is -0.384. The van der Waals surface area contributed by atoms with Crippen molar-refractivity contribution in [3.05, 3.63) is 65.2 Å². The van der Waals surface area contributed by atoms with Crippen LogP contribution in [0.15, 0.2) is 42.6 Å². The molecule has 1 nitrogen and oxygen atoms in total. The predicted octanol–water partition coefficient (Wildman–Crippen LogP) is 4.05. The summed E-state index contributed by atoms with van der Waals surface area (Å²) in [5.41, 5.74) is 2.29. The molecule has 1 atom stereocenters. The first-order valence-electron chi connectivity index (χ1n) is 5.47. The normalized spacial score (nSPS) is 12.4. The van der Waals surface area contributed by atoms with Crippen LogP contribution in [-0.4, -0.2) is 4.98 Å². The lowest BCUT2D eigenvalue weighted by Crippen LogP contribution is -2.00. The smallest absolute Gasteiger partial charge is 0.128 e. The van der Waals surface area contributed by atoms with Crippen LogP contribution in [0, 0.1) is 12.7 Å². The molecule has 2 rings (SSSR count). The number of nitrogens with zero attached hydrogens (tertiary/aromatic N) is 1. The molecule has 0 amide bonds. The molecule has 0 spiro atoms. The number of benzene rings is 1. The minimum Gasteiger partial charge on any atom is -0.261 e. The maximum Gasteiger partial charge on any atom is 0.128 e. The van der Waals surface area contributed by atoms with Crippen molar-refractivity contribution in [2.45, 2.75) is 18.7 Å². The number of halogens is 2. The Bertz CT molecular complexity index is 499. The van der Waals surface area contributed by atoms with Gasteiger partial charge in [-0.3, -0.25) is 4.98 Å². The van der Waals surface area contributed by atoms with Crippen LogP contribution >= 0.6 is 11.6 Å². The van der Waals surface area contributed by atoms with E-state index in [0.29, 0.717) is 12.0 Å². The zero-order valence-electron chi connectivity index (χ0n) is 9.53. The van der Waals surface area contributed by atoms with Gasteiger partial charge in [-0.15, -0.1) is 11.6 Å². The molecule has 0 N–H and O–H groups in total. The van der Waals surface area contributed by atoms with Gasteiger partial charge in [0.2, 0.25) is 0 Å². The predicted molar refractivity (Wildman–Crippen MR) is 67.7 cm³/mol. The van der Waals surface area contributed by atoms with Gasteiger partial charge < -0.3 is 0 Å². The topological polar surface area (TPSA) is 12.9 Å². The van der Waals surface area contributed by atoms with Crippen LogP contribution in [0.2, 0.25) is 0 Å². The van der Waals surface area contributed by atoms with Crippen LogP contribution in [-0.2, 0) is 6.42 Å². The van der Waals surface area contributed by atoms with Crippen molar-refractivity contribution in [1.82, 2.24) is 4.98 Å². The fourth-order valence-corrected chi connectivity index (χ4v) is 2.03. The zero-order chi connectivity index (χ0) is 12.3. The maximum absolute atomic E-state index is 13.7. The van der Waals surface area contributed by atoms with Crippen molar-refractivity contribution in [2.24, 2.45) is 0 Å². The van der Waals surface area contributed by atoms with Gasteiger partial charge in [0, 0.05) is 23.9 Å². The minimum absolute atomic E-state index is 0.249. The van der Waals surface area contributed by atoms with E-state index in [4.69, 9.17) is 11.6 Å². The third-order valence-electron chi connectivity index (χ3n) is 2.61. The van der Waals surface area contributed by atoms with Gasteiger partial charge in [-0.05, 0) is 30.7 Å². The monoisotopic (exact) mass is 249 g/mol. The van der Waals surface area contributed by atoms with Gasteiger partial charge in [0.1, 0.15) is 5.82 Å². The van der Waals surface area contributed by atoms with Crippen molar-refractivity contribution in [2.75, 3.05) is 0 Å². The second kappa shape index (κ2) is 5.28. The highest BCUT2D eigenvalue weighted by Crippen LogP contribution is 2.27. The molecule has 1 unspecified atom stereocenters. The lowest BCUT2D eigenvalue weighted by atomic mass is 10.0. The molecule has 1 aromatic carbocycles. The van der Waals surface area contributed by atoms with E-state index in [1.165, 1.54) is 6.07 Å². The van der Waals surface area contributed by atoms with E-state index in [9.17, 15) is 4.39 Å². The van der Waals surface area contributed by atoms with Crippen molar-refractivity contribution >= 4 is 11.6 Å². The van der Waals surface area contributed by atoms with E-state index in [0.717, 1.165) is 11.3 Å². The van der Waals surface area contributed by atoms with Gasteiger partial charge in [0.05, 0.1) is 5.38 Å². The van der Waals surface area contributed by atoms with Gasteiger partial charge in [0.15, 0.2) is 0 Å². The molecular weight excluding hydrogens is 237 g/mol. The van der Waals surface area contributed by atoms with Gasteiger partial charge >= 0.3 is 0 Å². The third-order valence-corrected chi connectivity index (χ3v) is 3.00. The van der Waals surface area contributed by atoms with E-state index in [-0.39, 0.29) is 11.2 Å². The van der Waals surface area contributed by atoms with Crippen LogP contribution in [0.3, 0.4) is 0 Å². The maximum atomic E-state index is 13.7. The number of pyridine rings is 1. The second-order valence-electron chi connectivity index (χ2n) is 4.02. The first-order chi connectivity index (χ1) is 8.16. The number of rotatable bonds is 3. The molecule has 0 saturated carbocycles. The first kappa shape index (κ1) is 12.1. The Morgan fingerprint density at radius 2 is 2.12 bits per heavy atom. The van der Waals surface area contributed by atoms with Crippen LogP contribution in [0.1, 0.15) is 22.2 Å². The summed E-state index contributed by atoms with van der Waals surface area (Å²) < 4.78 is 13.7. The number of alkyl halides is 1. The molecule has 17 heavy (non-hydrogen) atoms. The zero-order valence-corrected chi connectivity index (χ0v) is 10.3. The van der Waals surface area contributed by atoms with Crippen LogP contribution in [0.5, 0.6) is 0 Å². The average Bonchev–Trinajstić information content (AvgIpc) is 2.30. The Balaban J connectivity index is 2.17. The molecule has 0 fully saturated rings. The number of aryl methyl sites for hydroxylation is 1. The molecule has 0 aliphatic rings. The lowest BCUT2D eigenvalue weighted by molar-refractivity contribution is 0.604. The van der Waals surface area contributed by atoms with Gasteiger partial charge in [-0.1, -0.05) is 18.2 Å². The summed E-state index contributed by atoms with van der Waals surface area (Å²) >= 11 is 6.22. The summed E-state index contributed by atoms with van der Waals surface area (Å²) in [7, 11) is 0. The Hall–Kier alpha value is -1.41. The quantitative estimate of drug-likeness (QED) is 0.748. The second-order valence-corrected chi connectivity index (χ2v) is 4.54. The van der Waals surface area contributed by atoms with E-state index < -0.39 is 0 Å². The van der Waals surface area contributed by atoms with Crippen molar-refractivity contribution in [1.29, 1.82) is 0 Å². The van der Waals surface area contributed by atoms with Crippen LogP contribution < -0.4 is 0 Å². The Kier molecular flexibility index (Phi) is 3.75. The molecule has 0 aliphatic heterocycles. The number of hydrogen-bond acceptors (Lipinski definition) is 1. The van der Waals surface area contributed by atoms with Crippen LogP contribution in [0.25, 0.3) is 0 Å². The molecule has 2 aromatic rings. The SMILES string of the molecule is Cc1ccc(C(Cl)Cc2ccccn2)c(F)c1. The molecule has 0 bridgehead atoms. The summed E-state index contributed by atoms with van der Waals surface area (Å²) in [6, 6.07) is 10.7. The van der Waals surface area contributed by atoms with Gasteiger partial charge in [-0.25, -0.2) is 4.39 Å². The fraction of sp³-hybridized carbons (Fsp3) is 0.214. The summed E-state index contributed by atoms with van der Waals surface area (Å²) in [6.07, 6.45) is 2.24. The average molecular weight is 250 g/mol. The Morgan fingerprint density at radius 3 is 2.76 bits per heavy atom. The molecule has 3 heteroatoms. The molecule has 88 valence electrons. The summed E-state index contributed by atoms with van der Waals surface area (Å²) in [6.45, 7) is 1.86. The standard InChI is InChI=1S/C14H13ClFN/c1-10-5-6-12(14(16)8-10)13(15)9-11-4-2-3-7-17-11/h2-8,13H,9H2,1H3.